The molecule has 0 radical (unpaired) electrons. The fourth-order valence-corrected chi connectivity index (χ4v) is 15.9. The van der Waals surface area contributed by atoms with Gasteiger partial charge in [0.25, 0.3) is 0 Å². The molecule has 16 heavy (non-hydrogen) atoms. The molecule has 0 nitrogen and oxygen atoms in total. The molecule has 0 rings (SSSR count). The van der Waals surface area contributed by atoms with Crippen LogP contribution in [0.3, 0.4) is 0 Å². The summed E-state index contributed by atoms with van der Waals surface area (Å²) in [5.74, 6) is 0. The topological polar surface area (TPSA) is 0 Å². The molecular formula is C15H34Pb. The molecule has 0 spiro atoms. The SMILES string of the molecule is CCCC[CH2][PbH]([CH2]CCCC)[CH2]CCCC. The standard InChI is InChI=1S/3C5H11.Pb.H/c3*1-3-5-4-2;;/h3*1,3-5H2,2H3;;. The predicted molar refractivity (Wildman–Crippen MR) is 80.1 cm³/mol. The van der Waals surface area contributed by atoms with E-state index in [9.17, 15) is 0 Å². The van der Waals surface area contributed by atoms with Gasteiger partial charge in [0.05, 0.1) is 0 Å². The molecule has 98 valence electrons. The molecule has 0 aromatic carbocycles. The summed E-state index contributed by atoms with van der Waals surface area (Å²) in [5, 5.41) is 0. The summed E-state index contributed by atoms with van der Waals surface area (Å²) in [6.07, 6.45) is 13.4. The van der Waals surface area contributed by atoms with Crippen molar-refractivity contribution in [2.24, 2.45) is 0 Å². The normalized spacial score (nSPS) is 11.2. The molecule has 0 amide bonds. The Bertz CT molecular complexity index is 98.8. The number of rotatable bonds is 12. The monoisotopic (exact) mass is 422 g/mol. The number of hydrogen-bond acceptors (Lipinski definition) is 0. The summed E-state index contributed by atoms with van der Waals surface area (Å²) in [4.78, 5) is 0. The van der Waals surface area contributed by atoms with Crippen LogP contribution in [0.1, 0.15) is 78.6 Å². The number of unbranched alkanes of at least 4 members (excludes halogenated alkanes) is 6. The first kappa shape index (κ1) is 16.9. The van der Waals surface area contributed by atoms with E-state index in [0.717, 1.165) is 0 Å². The van der Waals surface area contributed by atoms with Gasteiger partial charge in [-0.1, -0.05) is 0 Å². The quantitative estimate of drug-likeness (QED) is 0.277. The van der Waals surface area contributed by atoms with Crippen LogP contribution in [0.25, 0.3) is 0 Å². The van der Waals surface area contributed by atoms with E-state index in [1.54, 1.807) is 31.2 Å². The summed E-state index contributed by atoms with van der Waals surface area (Å²) in [6, 6.07) is 0. The second kappa shape index (κ2) is 14.0. The molecule has 0 heterocycles. The fraction of sp³-hybridized carbons (Fsp3) is 1.00. The summed E-state index contributed by atoms with van der Waals surface area (Å²) in [7, 11) is 0. The summed E-state index contributed by atoms with van der Waals surface area (Å²) >= 11 is -1.15. The number of hydrogen-bond donors (Lipinski definition) is 0. The van der Waals surface area contributed by atoms with Gasteiger partial charge >= 0.3 is 113 Å². The van der Waals surface area contributed by atoms with Crippen LogP contribution in [0.2, 0.25) is 11.9 Å². The molecule has 0 aliphatic rings. The van der Waals surface area contributed by atoms with Gasteiger partial charge in [-0.2, -0.15) is 0 Å². The Labute approximate surface area is 113 Å². The molecule has 0 bridgehead atoms. The van der Waals surface area contributed by atoms with Crippen LogP contribution in [0.4, 0.5) is 0 Å². The molecule has 1 heteroatoms. The Hall–Kier alpha value is 0.922. The van der Waals surface area contributed by atoms with Gasteiger partial charge in [0.1, 0.15) is 0 Å². The maximum atomic E-state index is 2.33. The third-order valence-electron chi connectivity index (χ3n) is 3.65. The maximum absolute atomic E-state index is 2.33. The Kier molecular flexibility index (Phi) is 14.8. The van der Waals surface area contributed by atoms with E-state index in [1.807, 2.05) is 0 Å². The second-order valence-electron chi connectivity index (χ2n) is 5.35. The molecule has 0 N–H and O–H groups in total. The zero-order chi connectivity index (χ0) is 12.1. The van der Waals surface area contributed by atoms with Gasteiger partial charge < -0.3 is 0 Å². The Morgan fingerprint density at radius 1 is 0.500 bits per heavy atom. The van der Waals surface area contributed by atoms with Crippen LogP contribution in [0.5, 0.6) is 0 Å². The van der Waals surface area contributed by atoms with Crippen molar-refractivity contribution in [3.05, 3.63) is 0 Å². The van der Waals surface area contributed by atoms with E-state index in [0.29, 0.717) is 0 Å². The van der Waals surface area contributed by atoms with Crippen LogP contribution >= 0.6 is 0 Å². The van der Waals surface area contributed by atoms with Gasteiger partial charge in [-0.05, 0) is 0 Å². The molecular weight excluding hydrogens is 387 g/mol. The van der Waals surface area contributed by atoms with E-state index in [2.05, 4.69) is 20.8 Å². The third-order valence-corrected chi connectivity index (χ3v) is 17.9. The van der Waals surface area contributed by atoms with Crippen molar-refractivity contribution >= 4 is 22.7 Å². The van der Waals surface area contributed by atoms with Crippen molar-refractivity contribution in [3.63, 3.8) is 0 Å². The van der Waals surface area contributed by atoms with Gasteiger partial charge in [0.2, 0.25) is 0 Å². The average Bonchev–Trinajstić information content (AvgIpc) is 2.29. The van der Waals surface area contributed by atoms with E-state index >= 15 is 0 Å². The minimum absolute atomic E-state index is 1.15. The first-order valence-corrected chi connectivity index (χ1v) is 17.4. The van der Waals surface area contributed by atoms with E-state index in [4.69, 9.17) is 0 Å². The molecule has 0 aromatic rings. The molecule has 0 aromatic heterocycles. The minimum atomic E-state index is -1.15. The zero-order valence-corrected chi connectivity index (χ0v) is 16.6. The van der Waals surface area contributed by atoms with Crippen molar-refractivity contribution < 1.29 is 0 Å². The van der Waals surface area contributed by atoms with Crippen molar-refractivity contribution in [2.45, 2.75) is 90.5 Å². The summed E-state index contributed by atoms with van der Waals surface area (Å²) in [5.41, 5.74) is 0. The van der Waals surface area contributed by atoms with Crippen molar-refractivity contribution in [2.75, 3.05) is 0 Å². The molecule has 0 aliphatic heterocycles. The molecule has 0 atom stereocenters. The van der Waals surface area contributed by atoms with E-state index in [-0.39, 0.29) is 0 Å². The predicted octanol–water partition coefficient (Wildman–Crippen LogP) is 5.78. The van der Waals surface area contributed by atoms with Gasteiger partial charge in [-0.15, -0.1) is 0 Å². The first-order valence-electron chi connectivity index (χ1n) is 7.85. The zero-order valence-electron chi connectivity index (χ0n) is 12.1. The van der Waals surface area contributed by atoms with Crippen LogP contribution in [0, 0.1) is 0 Å². The Morgan fingerprint density at radius 2 is 0.812 bits per heavy atom. The van der Waals surface area contributed by atoms with Crippen LogP contribution < -0.4 is 0 Å². The second-order valence-corrected chi connectivity index (χ2v) is 18.8. The van der Waals surface area contributed by atoms with Crippen LogP contribution in [0.15, 0.2) is 0 Å². The third kappa shape index (κ3) is 11.4. The van der Waals surface area contributed by atoms with Gasteiger partial charge in [-0.25, -0.2) is 0 Å². The molecule has 0 saturated carbocycles. The van der Waals surface area contributed by atoms with Gasteiger partial charge in [0, 0.05) is 0 Å². The molecule has 0 aliphatic carbocycles. The Morgan fingerprint density at radius 3 is 1.06 bits per heavy atom. The van der Waals surface area contributed by atoms with Crippen molar-refractivity contribution in [1.82, 2.24) is 0 Å². The van der Waals surface area contributed by atoms with Crippen molar-refractivity contribution in [3.8, 4) is 0 Å². The van der Waals surface area contributed by atoms with E-state index < -0.39 is 22.7 Å². The average molecular weight is 422 g/mol. The fourth-order valence-electron chi connectivity index (χ4n) is 2.48. The molecule has 0 fully saturated rings. The first-order chi connectivity index (χ1) is 7.85. The van der Waals surface area contributed by atoms with Gasteiger partial charge in [0.15, 0.2) is 0 Å². The summed E-state index contributed by atoms with van der Waals surface area (Å²) in [6.45, 7) is 7.00. The van der Waals surface area contributed by atoms with E-state index in [1.165, 1.54) is 38.5 Å². The van der Waals surface area contributed by atoms with Crippen LogP contribution in [-0.4, -0.2) is 22.7 Å². The molecule has 0 saturated heterocycles. The van der Waals surface area contributed by atoms with Crippen molar-refractivity contribution in [1.29, 1.82) is 0 Å². The van der Waals surface area contributed by atoms with Crippen LogP contribution in [-0.2, 0) is 0 Å². The Balaban J connectivity index is 3.58. The van der Waals surface area contributed by atoms with Gasteiger partial charge in [-0.3, -0.25) is 0 Å². The molecule has 0 unspecified atom stereocenters. The summed E-state index contributed by atoms with van der Waals surface area (Å²) < 4.78 is 5.17.